The molecule has 0 N–H and O–H groups in total. The molecule has 0 bridgehead atoms. The average Bonchev–Trinajstić information content (AvgIpc) is 3.31. The summed E-state index contributed by atoms with van der Waals surface area (Å²) in [5.74, 6) is 1.91. The zero-order chi connectivity index (χ0) is 38.9. The van der Waals surface area contributed by atoms with Crippen LogP contribution in [0.15, 0.2) is 218 Å². The smallest absolute Gasteiger partial charge is 0.172 e. The summed E-state index contributed by atoms with van der Waals surface area (Å²) < 4.78 is 16.0. The number of hydrogen-bond donors (Lipinski definition) is 0. The molecule has 274 valence electrons. The van der Waals surface area contributed by atoms with E-state index >= 15 is 4.57 Å². The summed E-state index contributed by atoms with van der Waals surface area (Å²) in [5, 5.41) is 6.69. The van der Waals surface area contributed by atoms with Gasteiger partial charge in [0.2, 0.25) is 0 Å². The second-order valence-corrected chi connectivity index (χ2v) is 17.0. The van der Waals surface area contributed by atoms with Gasteiger partial charge in [-0.25, -0.2) is 15.0 Å². The second kappa shape index (κ2) is 15.0. The van der Waals surface area contributed by atoms with E-state index in [0.29, 0.717) is 17.5 Å². The lowest BCUT2D eigenvalue weighted by atomic mass is 9.99. The van der Waals surface area contributed by atoms with Crippen molar-refractivity contribution in [1.82, 2.24) is 15.0 Å². The quantitative estimate of drug-likeness (QED) is 0.145. The van der Waals surface area contributed by atoms with Gasteiger partial charge in [0, 0.05) is 32.6 Å². The zero-order valence-corrected chi connectivity index (χ0v) is 32.4. The van der Waals surface area contributed by atoms with Crippen molar-refractivity contribution in [3.63, 3.8) is 0 Å². The van der Waals surface area contributed by atoms with Crippen LogP contribution in [0.4, 0.5) is 0 Å². The largest absolute Gasteiger partial charge is 0.309 e. The fraction of sp³-hybridized carbons (Fsp3) is 0. The molecule has 0 saturated heterocycles. The molecule has 0 unspecified atom stereocenters. The van der Waals surface area contributed by atoms with Crippen molar-refractivity contribution in [3.05, 3.63) is 218 Å². The molecule has 0 aliphatic heterocycles. The third kappa shape index (κ3) is 6.50. The Morgan fingerprint density at radius 3 is 1.00 bits per heavy atom. The third-order valence-electron chi connectivity index (χ3n) is 10.8. The molecule has 5 heteroatoms. The van der Waals surface area contributed by atoms with Crippen LogP contribution in [0, 0.1) is 0 Å². The Kier molecular flexibility index (Phi) is 9.10. The Morgan fingerprint density at radius 1 is 0.276 bits per heavy atom. The Labute approximate surface area is 337 Å². The van der Waals surface area contributed by atoms with Gasteiger partial charge < -0.3 is 4.57 Å². The Bertz CT molecular complexity index is 2960. The van der Waals surface area contributed by atoms with Crippen LogP contribution in [0.3, 0.4) is 0 Å². The predicted molar refractivity (Wildman–Crippen MR) is 241 cm³/mol. The minimum absolute atomic E-state index is 0.628. The SMILES string of the molecule is O=P(c1ccc(-c2ccc(-c3ccc(-c4nc(-c5ccccc5)nc(-c5ccccc5)n4)cc3)cc2)cc1)(c1cccc2ccccc12)c1cccc2ccccc12. The first-order chi connectivity index (χ1) is 28.6. The minimum Gasteiger partial charge on any atom is -0.309 e. The monoisotopic (exact) mass is 761 g/mol. The molecular formula is C53H36N3OP. The third-order valence-corrected chi connectivity index (χ3v) is 14.0. The maximum Gasteiger partial charge on any atom is 0.172 e. The van der Waals surface area contributed by atoms with Crippen LogP contribution in [0.25, 0.3) is 78.0 Å². The number of benzene rings is 9. The number of rotatable bonds is 8. The molecular weight excluding hydrogens is 726 g/mol. The molecule has 0 atom stereocenters. The highest BCUT2D eigenvalue weighted by atomic mass is 31.2. The van der Waals surface area contributed by atoms with E-state index in [1.165, 1.54) is 0 Å². The highest BCUT2D eigenvalue weighted by Gasteiger charge is 2.33. The highest BCUT2D eigenvalue weighted by Crippen LogP contribution is 2.46. The van der Waals surface area contributed by atoms with Gasteiger partial charge in [-0.3, -0.25) is 0 Å². The molecule has 10 rings (SSSR count). The van der Waals surface area contributed by atoms with Crippen LogP contribution in [0.2, 0.25) is 0 Å². The minimum atomic E-state index is -3.30. The molecule has 1 aromatic heterocycles. The van der Waals surface area contributed by atoms with Gasteiger partial charge in [-0.15, -0.1) is 0 Å². The zero-order valence-electron chi connectivity index (χ0n) is 31.5. The lowest BCUT2D eigenvalue weighted by molar-refractivity contribution is 0.593. The Hall–Kier alpha value is -7.26. The van der Waals surface area contributed by atoms with Gasteiger partial charge in [0.25, 0.3) is 0 Å². The van der Waals surface area contributed by atoms with Gasteiger partial charge in [0.1, 0.15) is 0 Å². The van der Waals surface area contributed by atoms with Gasteiger partial charge in [0.15, 0.2) is 24.6 Å². The number of hydrogen-bond acceptors (Lipinski definition) is 4. The lowest BCUT2D eigenvalue weighted by Crippen LogP contribution is -2.26. The fourth-order valence-corrected chi connectivity index (χ4v) is 10.9. The van der Waals surface area contributed by atoms with Crippen LogP contribution in [-0.2, 0) is 4.57 Å². The molecule has 0 amide bonds. The molecule has 4 nitrogen and oxygen atoms in total. The Morgan fingerprint density at radius 2 is 0.586 bits per heavy atom. The first kappa shape index (κ1) is 35.2. The maximum absolute atomic E-state index is 16.0. The molecule has 0 saturated carbocycles. The van der Waals surface area contributed by atoms with E-state index in [1.54, 1.807) is 0 Å². The second-order valence-electron chi connectivity index (χ2n) is 14.3. The van der Waals surface area contributed by atoms with Crippen molar-refractivity contribution in [2.75, 3.05) is 0 Å². The van der Waals surface area contributed by atoms with E-state index in [2.05, 4.69) is 109 Å². The summed E-state index contributed by atoms with van der Waals surface area (Å²) in [6.45, 7) is 0. The normalized spacial score (nSPS) is 11.5. The topological polar surface area (TPSA) is 55.7 Å². The first-order valence-corrected chi connectivity index (χ1v) is 21.1. The molecule has 58 heavy (non-hydrogen) atoms. The van der Waals surface area contributed by atoms with Crippen molar-refractivity contribution in [1.29, 1.82) is 0 Å². The number of fused-ring (bicyclic) bond motifs is 2. The summed E-state index contributed by atoms with van der Waals surface area (Å²) in [6, 6.07) is 74.1. The Balaban J connectivity index is 0.962. The van der Waals surface area contributed by atoms with E-state index < -0.39 is 7.14 Å². The standard InChI is InChI=1S/C53H36N3OP/c57-58(49-23-11-19-41-13-7-9-21-47(41)49,50-24-12-20-42-14-8-10-22-48(42)50)46-35-33-40(34-36-46)38-27-25-37(26-28-38)39-29-31-45(32-30-39)53-55-51(43-15-3-1-4-16-43)54-52(56-53)44-17-5-2-6-18-44/h1-36H. The van der Waals surface area contributed by atoms with Gasteiger partial charge in [-0.1, -0.05) is 218 Å². The molecule has 0 aliphatic carbocycles. The summed E-state index contributed by atoms with van der Waals surface area (Å²) >= 11 is 0. The first-order valence-electron chi connectivity index (χ1n) is 19.4. The van der Waals surface area contributed by atoms with Gasteiger partial charge in [-0.05, 0) is 43.8 Å². The molecule has 1 heterocycles. The van der Waals surface area contributed by atoms with Crippen molar-refractivity contribution < 1.29 is 4.57 Å². The van der Waals surface area contributed by atoms with Crippen LogP contribution >= 0.6 is 7.14 Å². The molecule has 0 spiro atoms. The summed E-state index contributed by atoms with van der Waals surface area (Å²) in [5.41, 5.74) is 7.15. The van der Waals surface area contributed by atoms with E-state index in [-0.39, 0.29) is 0 Å². The van der Waals surface area contributed by atoms with E-state index in [0.717, 1.165) is 76.4 Å². The fourth-order valence-electron chi connectivity index (χ4n) is 7.84. The summed E-state index contributed by atoms with van der Waals surface area (Å²) in [7, 11) is -3.30. The van der Waals surface area contributed by atoms with Crippen molar-refractivity contribution in [2.24, 2.45) is 0 Å². The average molecular weight is 762 g/mol. The highest BCUT2D eigenvalue weighted by molar-refractivity contribution is 7.86. The molecule has 0 fully saturated rings. The summed E-state index contributed by atoms with van der Waals surface area (Å²) in [4.78, 5) is 14.6. The predicted octanol–water partition coefficient (Wildman–Crippen LogP) is 12.2. The van der Waals surface area contributed by atoms with Crippen LogP contribution in [0.5, 0.6) is 0 Å². The molecule has 0 aliphatic rings. The maximum atomic E-state index is 16.0. The van der Waals surface area contributed by atoms with Crippen LogP contribution < -0.4 is 15.9 Å². The molecule has 10 aromatic rings. The van der Waals surface area contributed by atoms with Gasteiger partial charge >= 0.3 is 0 Å². The van der Waals surface area contributed by atoms with Crippen LogP contribution in [-0.4, -0.2) is 15.0 Å². The molecule has 9 aromatic carbocycles. The number of nitrogens with zero attached hydrogens (tertiary/aromatic N) is 3. The van der Waals surface area contributed by atoms with E-state index in [9.17, 15) is 0 Å². The van der Waals surface area contributed by atoms with Gasteiger partial charge in [-0.2, -0.15) is 0 Å². The number of aromatic nitrogens is 3. The van der Waals surface area contributed by atoms with Crippen molar-refractivity contribution in [3.8, 4) is 56.4 Å². The van der Waals surface area contributed by atoms with Gasteiger partial charge in [0.05, 0.1) is 0 Å². The van der Waals surface area contributed by atoms with Crippen molar-refractivity contribution >= 4 is 44.6 Å². The van der Waals surface area contributed by atoms with Crippen LogP contribution in [0.1, 0.15) is 0 Å². The summed E-state index contributed by atoms with van der Waals surface area (Å²) in [6.07, 6.45) is 0. The lowest BCUT2D eigenvalue weighted by Gasteiger charge is -2.23. The van der Waals surface area contributed by atoms with Crippen molar-refractivity contribution in [2.45, 2.75) is 0 Å². The van der Waals surface area contributed by atoms with E-state index in [1.807, 2.05) is 109 Å². The molecule has 0 radical (unpaired) electrons. The van der Waals surface area contributed by atoms with E-state index in [4.69, 9.17) is 15.0 Å².